The molecule has 1 heterocycles. The summed E-state index contributed by atoms with van der Waals surface area (Å²) in [7, 11) is 0. The number of hydrogen-bond donors (Lipinski definition) is 0. The Bertz CT molecular complexity index is 529. The Kier molecular flexibility index (Phi) is 3.59. The summed E-state index contributed by atoms with van der Waals surface area (Å²) in [6.45, 7) is 4.21. The number of aromatic nitrogens is 2. The molecule has 4 heteroatoms. The molecule has 0 saturated carbocycles. The first-order chi connectivity index (χ1) is 8.15. The Balaban J connectivity index is 2.05. The maximum Gasteiger partial charge on any atom is 0.167 e. The minimum Gasteiger partial charge on any atom is -0.486 e. The standard InChI is InChI=1S/C13H13ClN2O/c1-9-4-3-5-11(6-9)17-8-12-15-7-10(2)13(14)16-12/h3-7H,8H2,1-2H3. The minimum absolute atomic E-state index is 0.323. The van der Waals surface area contributed by atoms with Crippen LogP contribution in [0.4, 0.5) is 0 Å². The zero-order valence-electron chi connectivity index (χ0n) is 9.77. The van der Waals surface area contributed by atoms with Crippen LogP contribution in [0, 0.1) is 13.8 Å². The van der Waals surface area contributed by atoms with Crippen LogP contribution in [0.1, 0.15) is 17.0 Å². The van der Waals surface area contributed by atoms with Gasteiger partial charge < -0.3 is 4.74 Å². The predicted octanol–water partition coefficient (Wildman–Crippen LogP) is 3.33. The Labute approximate surface area is 105 Å². The smallest absolute Gasteiger partial charge is 0.167 e. The normalized spacial score (nSPS) is 10.3. The van der Waals surface area contributed by atoms with Crippen molar-refractivity contribution in [2.75, 3.05) is 0 Å². The largest absolute Gasteiger partial charge is 0.486 e. The highest BCUT2D eigenvalue weighted by Gasteiger charge is 2.02. The van der Waals surface area contributed by atoms with Crippen LogP contribution in [-0.2, 0) is 6.61 Å². The highest BCUT2D eigenvalue weighted by molar-refractivity contribution is 6.30. The fourth-order valence-electron chi connectivity index (χ4n) is 1.38. The molecule has 0 N–H and O–H groups in total. The van der Waals surface area contributed by atoms with E-state index in [0.29, 0.717) is 17.6 Å². The quantitative estimate of drug-likeness (QED) is 0.782. The number of halogens is 1. The summed E-state index contributed by atoms with van der Waals surface area (Å²) in [6, 6.07) is 7.85. The van der Waals surface area contributed by atoms with Crippen LogP contribution in [0.2, 0.25) is 5.15 Å². The fraction of sp³-hybridized carbons (Fsp3) is 0.231. The van der Waals surface area contributed by atoms with E-state index in [0.717, 1.165) is 16.9 Å². The van der Waals surface area contributed by atoms with Crippen molar-refractivity contribution in [1.29, 1.82) is 0 Å². The highest BCUT2D eigenvalue weighted by atomic mass is 35.5. The van der Waals surface area contributed by atoms with Crippen LogP contribution in [0.15, 0.2) is 30.5 Å². The lowest BCUT2D eigenvalue weighted by molar-refractivity contribution is 0.295. The highest BCUT2D eigenvalue weighted by Crippen LogP contribution is 2.15. The van der Waals surface area contributed by atoms with E-state index in [2.05, 4.69) is 9.97 Å². The molecular formula is C13H13ClN2O. The van der Waals surface area contributed by atoms with Gasteiger partial charge in [-0.1, -0.05) is 23.7 Å². The molecule has 2 aromatic rings. The second-order valence-corrected chi connectivity index (χ2v) is 4.22. The molecule has 1 aromatic carbocycles. The SMILES string of the molecule is Cc1cccc(OCc2ncc(C)c(Cl)n2)c1. The van der Waals surface area contributed by atoms with E-state index >= 15 is 0 Å². The van der Waals surface area contributed by atoms with Gasteiger partial charge in [0.2, 0.25) is 0 Å². The first-order valence-corrected chi connectivity index (χ1v) is 5.70. The molecule has 17 heavy (non-hydrogen) atoms. The van der Waals surface area contributed by atoms with Gasteiger partial charge in [0.1, 0.15) is 17.5 Å². The summed E-state index contributed by atoms with van der Waals surface area (Å²) >= 11 is 5.91. The summed E-state index contributed by atoms with van der Waals surface area (Å²) in [5, 5.41) is 0.475. The van der Waals surface area contributed by atoms with E-state index in [1.165, 1.54) is 0 Å². The van der Waals surface area contributed by atoms with Gasteiger partial charge in [-0.2, -0.15) is 0 Å². The summed E-state index contributed by atoms with van der Waals surface area (Å²) < 4.78 is 5.58. The van der Waals surface area contributed by atoms with Crippen molar-refractivity contribution >= 4 is 11.6 Å². The third kappa shape index (κ3) is 3.17. The molecule has 2 rings (SSSR count). The maximum atomic E-state index is 5.91. The molecule has 0 unspecified atom stereocenters. The Morgan fingerprint density at radius 1 is 1.29 bits per heavy atom. The van der Waals surface area contributed by atoms with Gasteiger partial charge in [0.15, 0.2) is 5.82 Å². The average Bonchev–Trinajstić information content (AvgIpc) is 2.31. The summed E-state index contributed by atoms with van der Waals surface area (Å²) in [5.74, 6) is 1.40. The number of ether oxygens (including phenoxy) is 1. The van der Waals surface area contributed by atoms with Gasteiger partial charge in [0, 0.05) is 11.8 Å². The van der Waals surface area contributed by atoms with Crippen molar-refractivity contribution in [3.8, 4) is 5.75 Å². The molecule has 0 aliphatic carbocycles. The van der Waals surface area contributed by atoms with Crippen molar-refractivity contribution in [2.24, 2.45) is 0 Å². The van der Waals surface area contributed by atoms with E-state index in [1.807, 2.05) is 38.1 Å². The number of hydrogen-bond acceptors (Lipinski definition) is 3. The third-order valence-corrected chi connectivity index (χ3v) is 2.70. The van der Waals surface area contributed by atoms with Gasteiger partial charge >= 0.3 is 0 Å². The van der Waals surface area contributed by atoms with Gasteiger partial charge in [-0.25, -0.2) is 9.97 Å². The summed E-state index contributed by atoms with van der Waals surface area (Å²) in [5.41, 5.74) is 2.02. The van der Waals surface area contributed by atoms with Crippen molar-refractivity contribution < 1.29 is 4.74 Å². The third-order valence-electron chi connectivity index (χ3n) is 2.32. The molecule has 0 atom stereocenters. The predicted molar refractivity (Wildman–Crippen MR) is 67.3 cm³/mol. The molecule has 1 aromatic heterocycles. The summed E-state index contributed by atoms with van der Waals surface area (Å²) in [4.78, 5) is 8.30. The molecule has 0 fully saturated rings. The van der Waals surface area contributed by atoms with Gasteiger partial charge in [-0.15, -0.1) is 0 Å². The number of rotatable bonds is 3. The van der Waals surface area contributed by atoms with Crippen LogP contribution in [0.3, 0.4) is 0 Å². The molecule has 0 amide bonds. The zero-order chi connectivity index (χ0) is 12.3. The van der Waals surface area contributed by atoms with E-state index in [-0.39, 0.29) is 0 Å². The lowest BCUT2D eigenvalue weighted by atomic mass is 10.2. The molecule has 0 aliphatic rings. The van der Waals surface area contributed by atoms with Crippen molar-refractivity contribution in [3.63, 3.8) is 0 Å². The fourth-order valence-corrected chi connectivity index (χ4v) is 1.52. The zero-order valence-corrected chi connectivity index (χ0v) is 10.5. The summed E-state index contributed by atoms with van der Waals surface area (Å²) in [6.07, 6.45) is 1.70. The van der Waals surface area contributed by atoms with Crippen LogP contribution >= 0.6 is 11.6 Å². The number of benzene rings is 1. The molecule has 0 bridgehead atoms. The Hall–Kier alpha value is -1.61. The number of nitrogens with zero attached hydrogens (tertiary/aromatic N) is 2. The first-order valence-electron chi connectivity index (χ1n) is 5.32. The maximum absolute atomic E-state index is 5.91. The molecule has 0 saturated heterocycles. The topological polar surface area (TPSA) is 35.0 Å². The van der Waals surface area contributed by atoms with Crippen LogP contribution in [-0.4, -0.2) is 9.97 Å². The Morgan fingerprint density at radius 3 is 2.82 bits per heavy atom. The van der Waals surface area contributed by atoms with Gasteiger partial charge in [-0.3, -0.25) is 0 Å². The Morgan fingerprint density at radius 2 is 2.12 bits per heavy atom. The van der Waals surface area contributed by atoms with E-state index in [1.54, 1.807) is 6.20 Å². The minimum atomic E-state index is 0.323. The first kappa shape index (κ1) is 11.9. The molecule has 3 nitrogen and oxygen atoms in total. The lowest BCUT2D eigenvalue weighted by Gasteiger charge is -2.06. The molecule has 88 valence electrons. The second kappa shape index (κ2) is 5.15. The van der Waals surface area contributed by atoms with Gasteiger partial charge in [0.05, 0.1) is 0 Å². The molecule has 0 spiro atoms. The van der Waals surface area contributed by atoms with Gasteiger partial charge in [-0.05, 0) is 31.5 Å². The van der Waals surface area contributed by atoms with Crippen LogP contribution in [0.25, 0.3) is 0 Å². The van der Waals surface area contributed by atoms with E-state index in [4.69, 9.17) is 16.3 Å². The van der Waals surface area contributed by atoms with E-state index in [9.17, 15) is 0 Å². The van der Waals surface area contributed by atoms with E-state index < -0.39 is 0 Å². The van der Waals surface area contributed by atoms with Crippen LogP contribution < -0.4 is 4.74 Å². The number of aryl methyl sites for hydroxylation is 2. The second-order valence-electron chi connectivity index (χ2n) is 3.87. The van der Waals surface area contributed by atoms with Crippen LogP contribution in [0.5, 0.6) is 5.75 Å². The van der Waals surface area contributed by atoms with Crippen molar-refractivity contribution in [3.05, 3.63) is 52.6 Å². The monoisotopic (exact) mass is 248 g/mol. The van der Waals surface area contributed by atoms with Crippen molar-refractivity contribution in [1.82, 2.24) is 9.97 Å². The van der Waals surface area contributed by atoms with Gasteiger partial charge in [0.25, 0.3) is 0 Å². The molecular weight excluding hydrogens is 236 g/mol. The molecule has 0 radical (unpaired) electrons. The lowest BCUT2D eigenvalue weighted by Crippen LogP contribution is -2.02. The molecule has 0 aliphatic heterocycles. The van der Waals surface area contributed by atoms with Crippen molar-refractivity contribution in [2.45, 2.75) is 20.5 Å². The average molecular weight is 249 g/mol.